The molecule has 2 aliphatic carbocycles. The van der Waals surface area contributed by atoms with Crippen molar-refractivity contribution in [2.24, 2.45) is 5.92 Å². The van der Waals surface area contributed by atoms with Gasteiger partial charge in [0.15, 0.2) is 0 Å². The van der Waals surface area contributed by atoms with Gasteiger partial charge in [-0.2, -0.15) is 0 Å². The Hall–Kier alpha value is -0.120. The first-order chi connectivity index (χ1) is 7.81. The summed E-state index contributed by atoms with van der Waals surface area (Å²) in [6.07, 6.45) is 6.77. The summed E-state index contributed by atoms with van der Waals surface area (Å²) in [6, 6.07) is 0.766. The average Bonchev–Trinajstić information content (AvgIpc) is 3.08. The lowest BCUT2D eigenvalue weighted by Crippen LogP contribution is -2.57. The number of nitrogens with one attached hydrogen (secondary N) is 1. The van der Waals surface area contributed by atoms with Gasteiger partial charge < -0.3 is 10.1 Å². The van der Waals surface area contributed by atoms with Crippen molar-refractivity contribution >= 4 is 0 Å². The van der Waals surface area contributed by atoms with Gasteiger partial charge in [0, 0.05) is 39.3 Å². The van der Waals surface area contributed by atoms with Crippen LogP contribution in [0, 0.1) is 5.92 Å². The predicted octanol–water partition coefficient (Wildman–Crippen LogP) is 1.24. The molecule has 3 heteroatoms. The van der Waals surface area contributed by atoms with E-state index in [1.165, 1.54) is 51.7 Å². The average molecular weight is 224 g/mol. The molecular weight excluding hydrogens is 200 g/mol. The van der Waals surface area contributed by atoms with E-state index < -0.39 is 0 Å². The second-order valence-electron chi connectivity index (χ2n) is 5.87. The van der Waals surface area contributed by atoms with Gasteiger partial charge in [-0.1, -0.05) is 0 Å². The molecule has 3 aliphatic rings. The number of ether oxygens (including phenoxy) is 1. The lowest BCUT2D eigenvalue weighted by molar-refractivity contribution is -0.0945. The van der Waals surface area contributed by atoms with Crippen molar-refractivity contribution in [2.75, 3.05) is 33.3 Å². The van der Waals surface area contributed by atoms with Gasteiger partial charge in [-0.3, -0.25) is 4.90 Å². The van der Waals surface area contributed by atoms with E-state index in [9.17, 15) is 0 Å². The Morgan fingerprint density at radius 3 is 2.75 bits per heavy atom. The summed E-state index contributed by atoms with van der Waals surface area (Å²) in [4.78, 5) is 2.63. The molecule has 3 fully saturated rings. The second-order valence-corrected chi connectivity index (χ2v) is 5.87. The Labute approximate surface area is 98.5 Å². The molecule has 3 rings (SSSR count). The monoisotopic (exact) mass is 224 g/mol. The van der Waals surface area contributed by atoms with E-state index in [1.54, 1.807) is 0 Å². The molecule has 92 valence electrons. The first-order valence-electron chi connectivity index (χ1n) is 6.82. The molecule has 0 aromatic carbocycles. The third kappa shape index (κ3) is 2.13. The van der Waals surface area contributed by atoms with Gasteiger partial charge in [0.1, 0.15) is 0 Å². The van der Waals surface area contributed by atoms with Crippen LogP contribution in [0.4, 0.5) is 0 Å². The first-order valence-corrected chi connectivity index (χ1v) is 6.82. The van der Waals surface area contributed by atoms with Gasteiger partial charge in [0.2, 0.25) is 0 Å². The van der Waals surface area contributed by atoms with Crippen LogP contribution in [0.1, 0.15) is 32.1 Å². The summed E-state index contributed by atoms with van der Waals surface area (Å²) < 4.78 is 5.73. The number of rotatable bonds is 4. The Kier molecular flexibility index (Phi) is 2.94. The fourth-order valence-electron chi connectivity index (χ4n) is 3.21. The normalized spacial score (nSPS) is 34.7. The standard InChI is InChI=1S/C13H24N2O/c1-16-13(5-2-6-13)10-15-8-7-14-12(9-15)11-3-4-11/h11-12,14H,2-10H2,1H3. The van der Waals surface area contributed by atoms with Gasteiger partial charge >= 0.3 is 0 Å². The molecule has 2 saturated carbocycles. The minimum Gasteiger partial charge on any atom is -0.377 e. The summed E-state index contributed by atoms with van der Waals surface area (Å²) in [5.74, 6) is 0.975. The molecule has 0 bridgehead atoms. The maximum Gasteiger partial charge on any atom is 0.0805 e. The summed E-state index contributed by atoms with van der Waals surface area (Å²) in [6.45, 7) is 4.78. The third-order valence-corrected chi connectivity index (χ3v) is 4.69. The fraction of sp³-hybridized carbons (Fsp3) is 1.00. The first kappa shape index (κ1) is 11.0. The van der Waals surface area contributed by atoms with Crippen molar-refractivity contribution in [3.63, 3.8) is 0 Å². The summed E-state index contributed by atoms with van der Waals surface area (Å²) >= 11 is 0. The molecular formula is C13H24N2O. The Morgan fingerprint density at radius 1 is 1.38 bits per heavy atom. The van der Waals surface area contributed by atoms with Crippen LogP contribution in [0.3, 0.4) is 0 Å². The van der Waals surface area contributed by atoms with Gasteiger partial charge in [0.05, 0.1) is 5.60 Å². The highest BCUT2D eigenvalue weighted by Crippen LogP contribution is 2.37. The summed E-state index contributed by atoms with van der Waals surface area (Å²) in [5, 5.41) is 3.67. The fourth-order valence-corrected chi connectivity index (χ4v) is 3.21. The number of hydrogen-bond acceptors (Lipinski definition) is 3. The minimum absolute atomic E-state index is 0.214. The molecule has 1 N–H and O–H groups in total. The predicted molar refractivity (Wildman–Crippen MR) is 64.5 cm³/mol. The van der Waals surface area contributed by atoms with Crippen LogP contribution in [-0.4, -0.2) is 49.8 Å². The Morgan fingerprint density at radius 2 is 2.19 bits per heavy atom. The van der Waals surface area contributed by atoms with E-state index in [0.717, 1.165) is 18.5 Å². The Bertz CT molecular complexity index is 243. The van der Waals surface area contributed by atoms with Gasteiger partial charge in [-0.05, 0) is 38.0 Å². The molecule has 1 saturated heterocycles. The topological polar surface area (TPSA) is 24.5 Å². The maximum absolute atomic E-state index is 5.73. The van der Waals surface area contributed by atoms with Crippen molar-refractivity contribution in [1.29, 1.82) is 0 Å². The molecule has 1 unspecified atom stereocenters. The van der Waals surface area contributed by atoms with Crippen molar-refractivity contribution in [1.82, 2.24) is 10.2 Å². The third-order valence-electron chi connectivity index (χ3n) is 4.69. The number of nitrogens with zero attached hydrogens (tertiary/aromatic N) is 1. The lowest BCUT2D eigenvalue weighted by Gasteiger charge is -2.46. The van der Waals surface area contributed by atoms with E-state index in [2.05, 4.69) is 10.2 Å². The smallest absolute Gasteiger partial charge is 0.0805 e. The summed E-state index contributed by atoms with van der Waals surface area (Å²) in [7, 11) is 1.89. The zero-order valence-electron chi connectivity index (χ0n) is 10.4. The number of piperazine rings is 1. The highest BCUT2D eigenvalue weighted by molar-refractivity contribution is 4.96. The van der Waals surface area contributed by atoms with E-state index in [1.807, 2.05) is 7.11 Å². The van der Waals surface area contributed by atoms with Crippen molar-refractivity contribution in [3.05, 3.63) is 0 Å². The molecule has 1 aliphatic heterocycles. The highest BCUT2D eigenvalue weighted by Gasteiger charge is 2.41. The zero-order chi connectivity index (χ0) is 11.0. The number of hydrogen-bond donors (Lipinski definition) is 1. The van der Waals surface area contributed by atoms with E-state index >= 15 is 0 Å². The second kappa shape index (κ2) is 4.28. The lowest BCUT2D eigenvalue weighted by atomic mass is 9.79. The summed E-state index contributed by atoms with van der Waals surface area (Å²) in [5.41, 5.74) is 0.214. The largest absolute Gasteiger partial charge is 0.377 e. The molecule has 0 radical (unpaired) electrons. The van der Waals surface area contributed by atoms with Gasteiger partial charge in [-0.15, -0.1) is 0 Å². The van der Waals surface area contributed by atoms with Crippen LogP contribution in [0.2, 0.25) is 0 Å². The van der Waals surface area contributed by atoms with Crippen molar-refractivity contribution in [2.45, 2.75) is 43.7 Å². The Balaban J connectivity index is 1.53. The maximum atomic E-state index is 5.73. The van der Waals surface area contributed by atoms with Crippen LogP contribution in [0.15, 0.2) is 0 Å². The van der Waals surface area contributed by atoms with Gasteiger partial charge in [-0.25, -0.2) is 0 Å². The van der Waals surface area contributed by atoms with Crippen LogP contribution in [0.25, 0.3) is 0 Å². The van der Waals surface area contributed by atoms with Crippen LogP contribution in [-0.2, 0) is 4.74 Å². The van der Waals surface area contributed by atoms with Gasteiger partial charge in [0.25, 0.3) is 0 Å². The van der Waals surface area contributed by atoms with E-state index in [-0.39, 0.29) is 5.60 Å². The molecule has 3 nitrogen and oxygen atoms in total. The highest BCUT2D eigenvalue weighted by atomic mass is 16.5. The molecule has 1 atom stereocenters. The molecule has 16 heavy (non-hydrogen) atoms. The van der Waals surface area contributed by atoms with Crippen LogP contribution < -0.4 is 5.32 Å². The van der Waals surface area contributed by atoms with E-state index in [4.69, 9.17) is 4.74 Å². The quantitative estimate of drug-likeness (QED) is 0.777. The minimum atomic E-state index is 0.214. The van der Waals surface area contributed by atoms with Crippen LogP contribution in [0.5, 0.6) is 0 Å². The van der Waals surface area contributed by atoms with Crippen LogP contribution >= 0.6 is 0 Å². The van der Waals surface area contributed by atoms with E-state index in [0.29, 0.717) is 0 Å². The SMILES string of the molecule is COC1(CN2CCNC(C3CC3)C2)CCC1. The van der Waals surface area contributed by atoms with Crippen molar-refractivity contribution in [3.8, 4) is 0 Å². The molecule has 0 amide bonds. The molecule has 0 aromatic heterocycles. The molecule has 1 heterocycles. The molecule has 0 spiro atoms. The van der Waals surface area contributed by atoms with Crippen molar-refractivity contribution < 1.29 is 4.74 Å². The molecule has 0 aromatic rings. The number of methoxy groups -OCH3 is 1. The zero-order valence-corrected chi connectivity index (χ0v) is 10.4.